The molecule has 1 aromatic heterocycles. The van der Waals surface area contributed by atoms with Crippen molar-refractivity contribution in [2.24, 2.45) is 0 Å². The van der Waals surface area contributed by atoms with Crippen LogP contribution < -0.4 is 0 Å². The second-order valence-electron chi connectivity index (χ2n) is 5.71. The molecule has 96 valence electrons. The van der Waals surface area contributed by atoms with Crippen LogP contribution in [0.2, 0.25) is 0 Å². The van der Waals surface area contributed by atoms with Gasteiger partial charge in [0, 0.05) is 23.9 Å². The Balaban J connectivity index is 1.98. The molecule has 0 bridgehead atoms. The first-order valence-electron chi connectivity index (χ1n) is 5.89. The van der Waals surface area contributed by atoms with Crippen molar-refractivity contribution in [1.82, 2.24) is 9.88 Å². The molecule has 1 aliphatic rings. The van der Waals surface area contributed by atoms with Crippen LogP contribution in [0.4, 0.5) is 0 Å². The summed E-state index contributed by atoms with van der Waals surface area (Å²) in [5.74, 6) is 0. The van der Waals surface area contributed by atoms with E-state index in [4.69, 9.17) is 0 Å². The summed E-state index contributed by atoms with van der Waals surface area (Å²) in [6.45, 7) is 8.23. The minimum atomic E-state index is -0.614. The van der Waals surface area contributed by atoms with E-state index in [1.807, 2.05) is 4.90 Å². The molecule has 2 rings (SSSR count). The lowest BCUT2D eigenvalue weighted by Crippen LogP contribution is -2.22. The highest BCUT2D eigenvalue weighted by Crippen LogP contribution is 2.25. The van der Waals surface area contributed by atoms with E-state index in [1.54, 1.807) is 11.3 Å². The molecule has 17 heavy (non-hydrogen) atoms. The second-order valence-corrected chi connectivity index (χ2v) is 6.65. The lowest BCUT2D eigenvalue weighted by Gasteiger charge is -2.15. The maximum Gasteiger partial charge on any atom is 0.107 e. The number of rotatable bonds is 2. The number of aromatic nitrogens is 1. The largest absolute Gasteiger partial charge is 0.389 e. The highest BCUT2D eigenvalue weighted by atomic mass is 32.1. The van der Waals surface area contributed by atoms with Crippen LogP contribution in [0.5, 0.6) is 0 Å². The van der Waals surface area contributed by atoms with E-state index in [9.17, 15) is 10.2 Å². The van der Waals surface area contributed by atoms with Crippen molar-refractivity contribution in [2.75, 3.05) is 13.1 Å². The van der Waals surface area contributed by atoms with Crippen LogP contribution in [-0.2, 0) is 12.0 Å². The SMILES string of the molecule is CC(C)(C)c1csc(CN2C[C@@H](O)[C@@H](O)C2)n1. The Morgan fingerprint density at radius 1 is 1.35 bits per heavy atom. The van der Waals surface area contributed by atoms with Gasteiger partial charge in [-0.2, -0.15) is 0 Å². The highest BCUT2D eigenvalue weighted by molar-refractivity contribution is 7.09. The zero-order valence-corrected chi connectivity index (χ0v) is 11.4. The van der Waals surface area contributed by atoms with Crippen LogP contribution in [0, 0.1) is 0 Å². The van der Waals surface area contributed by atoms with Crippen molar-refractivity contribution in [1.29, 1.82) is 0 Å². The van der Waals surface area contributed by atoms with Gasteiger partial charge in [0.15, 0.2) is 0 Å². The van der Waals surface area contributed by atoms with Crippen LogP contribution in [0.15, 0.2) is 5.38 Å². The van der Waals surface area contributed by atoms with E-state index < -0.39 is 12.2 Å². The molecule has 2 N–H and O–H groups in total. The number of hydrogen-bond acceptors (Lipinski definition) is 5. The van der Waals surface area contributed by atoms with Gasteiger partial charge in [-0.25, -0.2) is 4.98 Å². The van der Waals surface area contributed by atoms with Gasteiger partial charge in [-0.05, 0) is 0 Å². The van der Waals surface area contributed by atoms with Gasteiger partial charge in [-0.15, -0.1) is 11.3 Å². The fourth-order valence-electron chi connectivity index (χ4n) is 1.90. The molecule has 1 fully saturated rings. The normalized spacial score (nSPS) is 26.6. The van der Waals surface area contributed by atoms with Crippen LogP contribution in [0.25, 0.3) is 0 Å². The lowest BCUT2D eigenvalue weighted by atomic mass is 9.93. The predicted molar refractivity (Wildman–Crippen MR) is 68.1 cm³/mol. The van der Waals surface area contributed by atoms with Crippen molar-refractivity contribution in [3.05, 3.63) is 16.1 Å². The minimum Gasteiger partial charge on any atom is -0.389 e. The molecule has 1 aliphatic heterocycles. The number of aliphatic hydroxyl groups is 2. The first-order valence-corrected chi connectivity index (χ1v) is 6.77. The van der Waals surface area contributed by atoms with Gasteiger partial charge in [-0.1, -0.05) is 20.8 Å². The minimum absolute atomic E-state index is 0.0821. The number of nitrogens with zero attached hydrogens (tertiary/aromatic N) is 2. The van der Waals surface area contributed by atoms with Crippen molar-refractivity contribution >= 4 is 11.3 Å². The Morgan fingerprint density at radius 2 is 1.94 bits per heavy atom. The fraction of sp³-hybridized carbons (Fsp3) is 0.750. The molecule has 0 saturated carbocycles. The van der Waals surface area contributed by atoms with Crippen molar-refractivity contribution in [3.8, 4) is 0 Å². The Kier molecular flexibility index (Phi) is 3.54. The van der Waals surface area contributed by atoms with E-state index >= 15 is 0 Å². The zero-order chi connectivity index (χ0) is 12.6. The maximum atomic E-state index is 9.47. The van der Waals surface area contributed by atoms with Gasteiger partial charge in [0.2, 0.25) is 0 Å². The Hall–Kier alpha value is -0.490. The van der Waals surface area contributed by atoms with Gasteiger partial charge in [-0.3, -0.25) is 4.90 Å². The molecular weight excluding hydrogens is 236 g/mol. The summed E-state index contributed by atoms with van der Waals surface area (Å²) >= 11 is 1.65. The van der Waals surface area contributed by atoms with Crippen molar-refractivity contribution in [2.45, 2.75) is 44.9 Å². The third-order valence-electron chi connectivity index (χ3n) is 3.01. The summed E-state index contributed by atoms with van der Waals surface area (Å²) in [7, 11) is 0. The first kappa shape index (κ1) is 13.0. The number of β-amino-alcohol motifs (C(OH)–C–C–N with tert-alkyl or cyclic N) is 2. The smallest absolute Gasteiger partial charge is 0.107 e. The number of hydrogen-bond donors (Lipinski definition) is 2. The summed E-state index contributed by atoms with van der Waals surface area (Å²) in [5, 5.41) is 22.1. The van der Waals surface area contributed by atoms with E-state index in [0.717, 1.165) is 17.2 Å². The van der Waals surface area contributed by atoms with Crippen molar-refractivity contribution < 1.29 is 10.2 Å². The summed E-state index contributed by atoms with van der Waals surface area (Å²) in [6, 6.07) is 0. The fourth-order valence-corrected chi connectivity index (χ4v) is 2.96. The average Bonchev–Trinajstić information content (AvgIpc) is 2.75. The van der Waals surface area contributed by atoms with Crippen LogP contribution >= 0.6 is 11.3 Å². The molecule has 0 spiro atoms. The lowest BCUT2D eigenvalue weighted by molar-refractivity contribution is 0.0572. The van der Waals surface area contributed by atoms with Crippen LogP contribution in [0.1, 0.15) is 31.5 Å². The van der Waals surface area contributed by atoms with Gasteiger partial charge in [0.25, 0.3) is 0 Å². The molecule has 1 aromatic rings. The molecule has 2 heterocycles. The quantitative estimate of drug-likeness (QED) is 0.828. The van der Waals surface area contributed by atoms with Crippen LogP contribution in [0.3, 0.4) is 0 Å². The standard InChI is InChI=1S/C12H20N2O2S/c1-12(2,3)10-7-17-11(13-10)6-14-4-8(15)9(16)5-14/h7-9,15-16H,4-6H2,1-3H3/t8-,9+. The first-order chi connectivity index (χ1) is 7.86. The molecule has 0 aliphatic carbocycles. The summed E-state index contributed by atoms with van der Waals surface area (Å²) in [5.41, 5.74) is 1.19. The Bertz CT molecular complexity index is 376. The number of likely N-dealkylation sites (tertiary alicyclic amines) is 1. The Labute approximate surface area is 106 Å². The van der Waals surface area contributed by atoms with E-state index in [2.05, 4.69) is 31.1 Å². The summed E-state index contributed by atoms with van der Waals surface area (Å²) in [6.07, 6.45) is -1.23. The Morgan fingerprint density at radius 3 is 2.41 bits per heavy atom. The molecule has 0 unspecified atom stereocenters. The molecular formula is C12H20N2O2S. The zero-order valence-electron chi connectivity index (χ0n) is 10.6. The third-order valence-corrected chi connectivity index (χ3v) is 3.85. The predicted octanol–water partition coefficient (Wildman–Crippen LogP) is 0.978. The van der Waals surface area contributed by atoms with E-state index in [1.165, 1.54) is 0 Å². The average molecular weight is 256 g/mol. The van der Waals surface area contributed by atoms with Crippen LogP contribution in [-0.4, -0.2) is 45.4 Å². The topological polar surface area (TPSA) is 56.6 Å². The summed E-state index contributed by atoms with van der Waals surface area (Å²) in [4.78, 5) is 6.65. The van der Waals surface area contributed by atoms with E-state index in [0.29, 0.717) is 13.1 Å². The van der Waals surface area contributed by atoms with Crippen molar-refractivity contribution in [3.63, 3.8) is 0 Å². The van der Waals surface area contributed by atoms with Gasteiger partial charge in [0.05, 0.1) is 24.4 Å². The van der Waals surface area contributed by atoms with Gasteiger partial charge < -0.3 is 10.2 Å². The summed E-state index contributed by atoms with van der Waals surface area (Å²) < 4.78 is 0. The molecule has 0 amide bonds. The van der Waals surface area contributed by atoms with E-state index in [-0.39, 0.29) is 5.41 Å². The number of aliphatic hydroxyl groups excluding tert-OH is 2. The molecule has 4 nitrogen and oxygen atoms in total. The van der Waals surface area contributed by atoms with Gasteiger partial charge in [0.1, 0.15) is 5.01 Å². The second kappa shape index (κ2) is 4.65. The number of thiazole rings is 1. The molecule has 0 aromatic carbocycles. The molecule has 0 radical (unpaired) electrons. The van der Waals surface area contributed by atoms with Gasteiger partial charge >= 0.3 is 0 Å². The molecule has 2 atom stereocenters. The molecule has 1 saturated heterocycles. The maximum absolute atomic E-state index is 9.47. The molecule has 5 heteroatoms. The third kappa shape index (κ3) is 3.04. The highest BCUT2D eigenvalue weighted by Gasteiger charge is 2.30. The monoisotopic (exact) mass is 256 g/mol.